The minimum Gasteiger partial charge on any atom is -0.296 e. The summed E-state index contributed by atoms with van der Waals surface area (Å²) >= 11 is 0. The van der Waals surface area contributed by atoms with Gasteiger partial charge in [-0.05, 0) is 52.4 Å². The van der Waals surface area contributed by atoms with E-state index in [9.17, 15) is 0 Å². The third kappa shape index (κ3) is 1.61. The summed E-state index contributed by atoms with van der Waals surface area (Å²) in [6.45, 7) is 0. The molecule has 0 fully saturated rings. The van der Waals surface area contributed by atoms with Crippen molar-refractivity contribution in [2.45, 2.75) is 6.42 Å². The number of aliphatic imine (C=N–C) groups is 1. The first-order valence-corrected chi connectivity index (χ1v) is 5.90. The van der Waals surface area contributed by atoms with Crippen molar-refractivity contribution in [3.05, 3.63) is 58.7 Å². The summed E-state index contributed by atoms with van der Waals surface area (Å²) in [4.78, 5) is 4.04. The molecule has 0 aromatic heterocycles. The quantitative estimate of drug-likeness (QED) is 0.593. The van der Waals surface area contributed by atoms with Gasteiger partial charge in [-0.3, -0.25) is 4.99 Å². The smallest absolute Gasteiger partial charge is 0.0991 e. The number of nitriles is 1. The van der Waals surface area contributed by atoms with Gasteiger partial charge >= 0.3 is 0 Å². The van der Waals surface area contributed by atoms with Gasteiger partial charge in [0.15, 0.2) is 0 Å². The summed E-state index contributed by atoms with van der Waals surface area (Å²) in [5.41, 5.74) is 6.96. The van der Waals surface area contributed by atoms with E-state index < -0.39 is 0 Å². The van der Waals surface area contributed by atoms with Crippen molar-refractivity contribution in [1.82, 2.24) is 0 Å². The van der Waals surface area contributed by atoms with E-state index in [4.69, 9.17) is 5.26 Å². The second-order valence-electron chi connectivity index (χ2n) is 4.46. The van der Waals surface area contributed by atoms with Crippen molar-refractivity contribution in [3.63, 3.8) is 0 Å². The SMILES string of the molecule is C/N=C\c1ccc2c(c1)Cc1cc(C#N)ccc1-2. The summed E-state index contributed by atoms with van der Waals surface area (Å²) in [6.07, 6.45) is 2.77. The van der Waals surface area contributed by atoms with Crippen LogP contribution in [-0.2, 0) is 6.42 Å². The van der Waals surface area contributed by atoms with Crippen molar-refractivity contribution in [2.75, 3.05) is 7.05 Å². The Hall–Kier alpha value is -2.40. The molecule has 2 aromatic rings. The molecule has 0 bridgehead atoms. The summed E-state index contributed by atoms with van der Waals surface area (Å²) in [5.74, 6) is 0. The standard InChI is InChI=1S/C16H12N2/c1-18-10-12-3-5-16-14(7-12)8-13-6-11(9-17)2-4-15(13)16/h2-7,10H,8H2,1H3/b18-10-. The molecule has 1 aliphatic rings. The van der Waals surface area contributed by atoms with Crippen molar-refractivity contribution >= 4 is 6.21 Å². The second-order valence-corrected chi connectivity index (χ2v) is 4.46. The summed E-state index contributed by atoms with van der Waals surface area (Å²) in [7, 11) is 1.78. The van der Waals surface area contributed by atoms with Crippen LogP contribution in [0.3, 0.4) is 0 Å². The highest BCUT2D eigenvalue weighted by Crippen LogP contribution is 2.37. The van der Waals surface area contributed by atoms with Crippen LogP contribution in [0.25, 0.3) is 11.1 Å². The molecule has 0 atom stereocenters. The van der Waals surface area contributed by atoms with Gasteiger partial charge in [0.2, 0.25) is 0 Å². The van der Waals surface area contributed by atoms with Crippen LogP contribution in [0.4, 0.5) is 0 Å². The minimum absolute atomic E-state index is 0.733. The van der Waals surface area contributed by atoms with Crippen LogP contribution in [0.2, 0.25) is 0 Å². The lowest BCUT2D eigenvalue weighted by Gasteiger charge is -2.01. The Bertz CT molecular complexity index is 691. The van der Waals surface area contributed by atoms with Gasteiger partial charge in [0.25, 0.3) is 0 Å². The molecule has 0 radical (unpaired) electrons. The van der Waals surface area contributed by atoms with E-state index in [0.29, 0.717) is 0 Å². The Morgan fingerprint density at radius 1 is 1.11 bits per heavy atom. The van der Waals surface area contributed by atoms with Gasteiger partial charge in [-0.15, -0.1) is 0 Å². The number of fused-ring (bicyclic) bond motifs is 3. The normalized spacial score (nSPS) is 12.2. The first kappa shape index (κ1) is 10.7. The maximum atomic E-state index is 8.93. The fourth-order valence-corrected chi connectivity index (χ4v) is 2.53. The molecule has 0 aliphatic heterocycles. The van der Waals surface area contributed by atoms with Gasteiger partial charge in [-0.1, -0.05) is 18.2 Å². The largest absolute Gasteiger partial charge is 0.296 e. The predicted octanol–water partition coefficient (Wildman–Crippen LogP) is 3.18. The highest BCUT2D eigenvalue weighted by Gasteiger charge is 2.18. The fraction of sp³-hybridized carbons (Fsp3) is 0.125. The second kappa shape index (κ2) is 4.12. The van der Waals surface area contributed by atoms with Gasteiger partial charge in [0.1, 0.15) is 0 Å². The van der Waals surface area contributed by atoms with Crippen LogP contribution in [0.5, 0.6) is 0 Å². The van der Waals surface area contributed by atoms with Crippen LogP contribution in [0.15, 0.2) is 41.4 Å². The molecule has 2 nitrogen and oxygen atoms in total. The summed E-state index contributed by atoms with van der Waals surface area (Å²) in [6, 6.07) is 14.5. The van der Waals surface area contributed by atoms with Crippen molar-refractivity contribution in [2.24, 2.45) is 4.99 Å². The Morgan fingerprint density at radius 2 is 1.83 bits per heavy atom. The van der Waals surface area contributed by atoms with Crippen molar-refractivity contribution in [1.29, 1.82) is 5.26 Å². The third-order valence-corrected chi connectivity index (χ3v) is 3.31. The van der Waals surface area contributed by atoms with Crippen molar-refractivity contribution in [3.8, 4) is 17.2 Å². The molecular weight excluding hydrogens is 220 g/mol. The first-order valence-electron chi connectivity index (χ1n) is 5.90. The molecule has 0 heterocycles. The number of nitrogens with zero attached hydrogens (tertiary/aromatic N) is 2. The maximum Gasteiger partial charge on any atom is 0.0991 e. The van der Waals surface area contributed by atoms with Gasteiger partial charge in [0.05, 0.1) is 11.6 Å². The van der Waals surface area contributed by atoms with E-state index in [1.54, 1.807) is 7.05 Å². The third-order valence-electron chi connectivity index (χ3n) is 3.31. The highest BCUT2D eigenvalue weighted by atomic mass is 14.6. The lowest BCUT2D eigenvalue weighted by molar-refractivity contribution is 1.25. The van der Waals surface area contributed by atoms with E-state index in [2.05, 4.69) is 29.3 Å². The van der Waals surface area contributed by atoms with Crippen LogP contribution < -0.4 is 0 Å². The molecule has 0 spiro atoms. The molecule has 2 aromatic carbocycles. The van der Waals surface area contributed by atoms with Gasteiger partial charge in [-0.2, -0.15) is 5.26 Å². The fourth-order valence-electron chi connectivity index (χ4n) is 2.53. The summed E-state index contributed by atoms with van der Waals surface area (Å²) < 4.78 is 0. The molecule has 1 aliphatic carbocycles. The average molecular weight is 232 g/mol. The Balaban J connectivity index is 2.11. The number of rotatable bonds is 1. The van der Waals surface area contributed by atoms with Crippen LogP contribution in [-0.4, -0.2) is 13.3 Å². The number of hydrogen-bond donors (Lipinski definition) is 0. The molecule has 0 N–H and O–H groups in total. The maximum absolute atomic E-state index is 8.93. The van der Waals surface area contributed by atoms with E-state index >= 15 is 0 Å². The molecular formula is C16H12N2. The van der Waals surface area contributed by atoms with E-state index in [1.165, 1.54) is 22.3 Å². The van der Waals surface area contributed by atoms with E-state index in [1.807, 2.05) is 24.4 Å². The summed E-state index contributed by atoms with van der Waals surface area (Å²) in [5, 5.41) is 8.93. The molecule has 18 heavy (non-hydrogen) atoms. The van der Waals surface area contributed by atoms with Crippen LogP contribution in [0, 0.1) is 11.3 Å². The Morgan fingerprint density at radius 3 is 2.56 bits per heavy atom. The lowest BCUT2D eigenvalue weighted by atomic mass is 10.0. The lowest BCUT2D eigenvalue weighted by Crippen LogP contribution is -1.85. The monoisotopic (exact) mass is 232 g/mol. The van der Waals surface area contributed by atoms with Crippen molar-refractivity contribution < 1.29 is 0 Å². The zero-order valence-corrected chi connectivity index (χ0v) is 10.1. The van der Waals surface area contributed by atoms with Crippen LogP contribution >= 0.6 is 0 Å². The molecule has 86 valence electrons. The first-order chi connectivity index (χ1) is 8.81. The molecule has 2 heteroatoms. The Kier molecular flexibility index (Phi) is 2.46. The minimum atomic E-state index is 0.733. The Labute approximate surface area is 106 Å². The van der Waals surface area contributed by atoms with Crippen LogP contribution in [0.1, 0.15) is 22.3 Å². The molecule has 0 unspecified atom stereocenters. The van der Waals surface area contributed by atoms with E-state index in [-0.39, 0.29) is 0 Å². The van der Waals surface area contributed by atoms with Gasteiger partial charge in [0, 0.05) is 13.3 Å². The van der Waals surface area contributed by atoms with Gasteiger partial charge < -0.3 is 0 Å². The highest BCUT2D eigenvalue weighted by molar-refractivity contribution is 5.84. The predicted molar refractivity (Wildman–Crippen MR) is 72.9 cm³/mol. The molecule has 0 amide bonds. The zero-order valence-electron chi connectivity index (χ0n) is 10.1. The zero-order chi connectivity index (χ0) is 12.5. The molecule has 0 saturated heterocycles. The van der Waals surface area contributed by atoms with Gasteiger partial charge in [-0.25, -0.2) is 0 Å². The molecule has 0 saturated carbocycles. The van der Waals surface area contributed by atoms with E-state index in [0.717, 1.165) is 17.5 Å². The average Bonchev–Trinajstić information content (AvgIpc) is 2.75. The number of hydrogen-bond acceptors (Lipinski definition) is 2. The topological polar surface area (TPSA) is 36.1 Å². The molecule has 3 rings (SSSR count). The number of benzene rings is 2.